The summed E-state index contributed by atoms with van der Waals surface area (Å²) in [6.07, 6.45) is 27.3. The fourth-order valence-electron chi connectivity index (χ4n) is 1.93. The third kappa shape index (κ3) is 34.0. The monoisotopic (exact) mass is 386 g/mol. The summed E-state index contributed by atoms with van der Waals surface area (Å²) in [5, 5.41) is 8.49. The first-order chi connectivity index (χ1) is 12.5. The normalized spacial score (nSPS) is 11.8. The molecule has 0 radical (unpaired) electrons. The Bertz CT molecular complexity index is 449. The van der Waals surface area contributed by atoms with Crippen LogP contribution in [-0.4, -0.2) is 20.9 Å². The quantitative estimate of drug-likeness (QED) is 0.206. The van der Waals surface area contributed by atoms with Crippen LogP contribution >= 0.6 is 8.25 Å². The molecule has 6 heteroatoms. The fraction of sp³-hybridized carbons (Fsp3) is 0.550. The Hall–Kier alpha value is -1.42. The summed E-state index contributed by atoms with van der Waals surface area (Å²) in [7, 11) is -3.13. The number of rotatable bonds is 14. The van der Waals surface area contributed by atoms with Crippen molar-refractivity contribution in [1.82, 2.24) is 0 Å². The molecule has 0 aliphatic carbocycles. The predicted octanol–water partition coefficient (Wildman–Crippen LogP) is 5.58. The molecule has 0 bridgehead atoms. The van der Waals surface area contributed by atoms with Crippen molar-refractivity contribution < 1.29 is 24.3 Å². The van der Waals surface area contributed by atoms with Gasteiger partial charge >= 0.3 is 14.2 Å². The van der Waals surface area contributed by atoms with Crippen LogP contribution in [0.4, 0.5) is 0 Å². The summed E-state index contributed by atoms with van der Waals surface area (Å²) in [6.45, 7) is 2.23. The molecule has 5 nitrogen and oxygen atoms in total. The van der Waals surface area contributed by atoms with Crippen molar-refractivity contribution in [3.8, 4) is 0 Å². The van der Waals surface area contributed by atoms with Crippen molar-refractivity contribution >= 4 is 14.2 Å². The zero-order valence-corrected chi connectivity index (χ0v) is 16.8. The average molecular weight is 386 g/mol. The zero-order chi connectivity index (χ0) is 19.9. The van der Waals surface area contributed by atoms with Crippen LogP contribution in [0, 0.1) is 0 Å². The predicted molar refractivity (Wildman–Crippen MR) is 109 cm³/mol. The molecule has 0 atom stereocenters. The molecule has 0 unspecified atom stereocenters. The second kappa shape index (κ2) is 23.6. The van der Waals surface area contributed by atoms with Gasteiger partial charge in [-0.15, -0.1) is 0 Å². The molecule has 0 aromatic heterocycles. The molecule has 150 valence electrons. The van der Waals surface area contributed by atoms with Crippen LogP contribution in [0.25, 0.3) is 0 Å². The summed E-state index contributed by atoms with van der Waals surface area (Å²) < 4.78 is 8.74. The number of unbranched alkanes of at least 4 members (excludes halogenated alkanes) is 4. The molecule has 0 aliphatic heterocycles. The topological polar surface area (TPSA) is 94.8 Å². The molecular weight excluding hydrogens is 351 g/mol. The van der Waals surface area contributed by atoms with E-state index in [1.165, 1.54) is 25.7 Å². The van der Waals surface area contributed by atoms with Crippen molar-refractivity contribution in [2.24, 2.45) is 0 Å². The summed E-state index contributed by atoms with van der Waals surface area (Å²) in [5.41, 5.74) is 0. The summed E-state index contributed by atoms with van der Waals surface area (Å²) in [6, 6.07) is 0. The van der Waals surface area contributed by atoms with Gasteiger partial charge in [-0.2, -0.15) is 0 Å². The van der Waals surface area contributed by atoms with Gasteiger partial charge < -0.3 is 14.9 Å². The summed E-state index contributed by atoms with van der Waals surface area (Å²) in [5.74, 6) is -0.712. The Morgan fingerprint density at radius 1 is 0.769 bits per heavy atom. The zero-order valence-electron chi connectivity index (χ0n) is 15.8. The lowest BCUT2D eigenvalue weighted by Gasteiger charge is -1.90. The van der Waals surface area contributed by atoms with Gasteiger partial charge in [-0.1, -0.05) is 68.4 Å². The molecule has 0 saturated carbocycles. The molecule has 0 rings (SSSR count). The number of carboxylic acids is 1. The molecule has 0 aromatic carbocycles. The van der Waals surface area contributed by atoms with E-state index in [9.17, 15) is 4.79 Å². The highest BCUT2D eigenvalue weighted by atomic mass is 31.1. The Balaban J connectivity index is 0. The molecule has 3 N–H and O–H groups in total. The maximum Gasteiger partial charge on any atom is 0.314 e. The summed E-state index contributed by atoms with van der Waals surface area (Å²) >= 11 is 0. The minimum absolute atomic E-state index is 0.262. The highest BCUT2D eigenvalue weighted by molar-refractivity contribution is 7.30. The Morgan fingerprint density at radius 2 is 1.15 bits per heavy atom. The Labute approximate surface area is 158 Å². The van der Waals surface area contributed by atoms with Gasteiger partial charge in [0.15, 0.2) is 0 Å². The number of hydrogen-bond donors (Lipinski definition) is 3. The molecule has 0 aromatic rings. The average Bonchev–Trinajstić information content (AvgIpc) is 2.57. The van der Waals surface area contributed by atoms with E-state index < -0.39 is 14.2 Å². The number of carbonyl (C=O) groups is 1. The molecule has 0 saturated heterocycles. The van der Waals surface area contributed by atoms with Crippen LogP contribution in [0.1, 0.15) is 71.1 Å². The van der Waals surface area contributed by atoms with Crippen LogP contribution in [0.15, 0.2) is 48.6 Å². The van der Waals surface area contributed by atoms with Crippen LogP contribution in [0.3, 0.4) is 0 Å². The molecule has 26 heavy (non-hydrogen) atoms. The molecule has 0 fully saturated rings. The molecule has 0 aliphatic rings. The van der Waals surface area contributed by atoms with E-state index in [0.717, 1.165) is 32.1 Å². The highest BCUT2D eigenvalue weighted by Gasteiger charge is 1.92. The van der Waals surface area contributed by atoms with Crippen molar-refractivity contribution in [1.29, 1.82) is 0 Å². The second-order valence-corrected chi connectivity index (χ2v) is 6.22. The van der Waals surface area contributed by atoms with Gasteiger partial charge in [0.1, 0.15) is 0 Å². The van der Waals surface area contributed by atoms with E-state index in [2.05, 4.69) is 55.5 Å². The Kier molecular flexibility index (Phi) is 24.3. The largest absolute Gasteiger partial charge is 0.481 e. The summed E-state index contributed by atoms with van der Waals surface area (Å²) in [4.78, 5) is 24.6. The third-order valence-electron chi connectivity index (χ3n) is 3.22. The minimum Gasteiger partial charge on any atom is -0.481 e. The van der Waals surface area contributed by atoms with Gasteiger partial charge in [-0.25, -0.2) is 0 Å². The number of allylic oxidation sites excluding steroid dienone is 8. The molecule has 0 amide bonds. The SMILES string of the molecule is CCCCC/C=C\C/C=C\C/C=C\C/C=C\CCCC(=O)O.O=[PH](O)O. The number of carboxylic acid groups (broad SMARTS) is 1. The van der Waals surface area contributed by atoms with Gasteiger partial charge in [0.2, 0.25) is 0 Å². The maximum atomic E-state index is 10.3. The van der Waals surface area contributed by atoms with Gasteiger partial charge in [-0.3, -0.25) is 9.36 Å². The maximum absolute atomic E-state index is 10.3. The minimum atomic E-state index is -3.13. The van der Waals surface area contributed by atoms with Crippen LogP contribution in [-0.2, 0) is 9.36 Å². The van der Waals surface area contributed by atoms with Crippen molar-refractivity contribution in [3.63, 3.8) is 0 Å². The van der Waals surface area contributed by atoms with Crippen LogP contribution < -0.4 is 0 Å². The van der Waals surface area contributed by atoms with Crippen LogP contribution in [0.2, 0.25) is 0 Å². The number of hydrogen-bond acceptors (Lipinski definition) is 2. The van der Waals surface area contributed by atoms with Crippen molar-refractivity contribution in [2.75, 3.05) is 0 Å². The first-order valence-electron chi connectivity index (χ1n) is 9.24. The van der Waals surface area contributed by atoms with Crippen LogP contribution in [0.5, 0.6) is 0 Å². The van der Waals surface area contributed by atoms with E-state index in [4.69, 9.17) is 19.5 Å². The highest BCUT2D eigenvalue weighted by Crippen LogP contribution is 2.01. The lowest BCUT2D eigenvalue weighted by Crippen LogP contribution is -1.92. The number of aliphatic carboxylic acids is 1. The lowest BCUT2D eigenvalue weighted by molar-refractivity contribution is -0.137. The van der Waals surface area contributed by atoms with Gasteiger partial charge in [0, 0.05) is 6.42 Å². The van der Waals surface area contributed by atoms with E-state index in [1.807, 2.05) is 0 Å². The van der Waals surface area contributed by atoms with Gasteiger partial charge in [0.25, 0.3) is 0 Å². The van der Waals surface area contributed by atoms with E-state index >= 15 is 0 Å². The van der Waals surface area contributed by atoms with E-state index in [0.29, 0.717) is 0 Å². The lowest BCUT2D eigenvalue weighted by atomic mass is 10.2. The van der Waals surface area contributed by atoms with Crippen molar-refractivity contribution in [3.05, 3.63) is 48.6 Å². The van der Waals surface area contributed by atoms with E-state index in [-0.39, 0.29) is 6.42 Å². The molecule has 0 spiro atoms. The van der Waals surface area contributed by atoms with E-state index in [1.54, 1.807) is 0 Å². The standard InChI is InChI=1S/C20H32O2.H3O3P/c1-2-3-4-5-6-7-8-9-10-11-12-13-14-15-16-17-18-19-20(21)22;1-4(2)3/h6-7,9-10,12-13,15-16H,2-5,8,11,14,17-19H2,1H3,(H,21,22);4H,(H2,1,2,3)/b7-6-,10-9-,13-12-,16-15-;. The van der Waals surface area contributed by atoms with Gasteiger partial charge in [0.05, 0.1) is 0 Å². The smallest absolute Gasteiger partial charge is 0.314 e. The fourth-order valence-corrected chi connectivity index (χ4v) is 1.93. The van der Waals surface area contributed by atoms with Crippen molar-refractivity contribution in [2.45, 2.75) is 71.1 Å². The van der Waals surface area contributed by atoms with Gasteiger partial charge in [-0.05, 0) is 44.9 Å². The molecule has 0 heterocycles. The Morgan fingerprint density at radius 3 is 1.54 bits per heavy atom. The second-order valence-electron chi connectivity index (χ2n) is 5.66. The first-order valence-corrected chi connectivity index (χ1v) is 10.5. The third-order valence-corrected chi connectivity index (χ3v) is 3.22. The first kappa shape index (κ1) is 26.8. The molecular formula is C20H35O5P.